The Morgan fingerprint density at radius 1 is 1.22 bits per heavy atom. The van der Waals surface area contributed by atoms with Crippen molar-refractivity contribution in [2.75, 3.05) is 30.7 Å². The molecule has 4 nitrogen and oxygen atoms in total. The summed E-state index contributed by atoms with van der Waals surface area (Å²) in [6, 6.07) is 14.8. The van der Waals surface area contributed by atoms with Gasteiger partial charge in [0.2, 0.25) is 0 Å². The number of likely N-dealkylation sites (tertiary alicyclic amines) is 1. The highest BCUT2D eigenvalue weighted by Crippen LogP contribution is 2.45. The molecule has 1 fully saturated rings. The van der Waals surface area contributed by atoms with Gasteiger partial charge in [0, 0.05) is 35.4 Å². The number of hydrogen-bond donors (Lipinski definition) is 2. The largest absolute Gasteiger partial charge is 0.399 e. The van der Waals surface area contributed by atoms with E-state index in [0.717, 1.165) is 17.7 Å². The van der Waals surface area contributed by atoms with E-state index in [1.54, 1.807) is 6.92 Å². The molecule has 3 unspecified atom stereocenters. The Kier molecular flexibility index (Phi) is 4.92. The van der Waals surface area contributed by atoms with Crippen LogP contribution in [0.4, 0.5) is 11.4 Å². The average Bonchev–Trinajstić information content (AvgIpc) is 3.28. The smallest absolute Gasteiger partial charge is 0.160 e. The van der Waals surface area contributed by atoms with Crippen LogP contribution in [0.25, 0.3) is 0 Å². The van der Waals surface area contributed by atoms with Gasteiger partial charge in [-0.2, -0.15) is 0 Å². The van der Waals surface area contributed by atoms with Gasteiger partial charge in [-0.05, 0) is 68.1 Å². The van der Waals surface area contributed by atoms with E-state index in [4.69, 9.17) is 5.73 Å². The molecular weight excluding hydrogens is 334 g/mol. The van der Waals surface area contributed by atoms with Crippen molar-refractivity contribution >= 4 is 17.2 Å². The van der Waals surface area contributed by atoms with Crippen LogP contribution in [0, 0.1) is 0 Å². The predicted molar refractivity (Wildman–Crippen MR) is 112 cm³/mol. The standard InChI is InChI=1S/C23H29N3O/c1-15(18-10-9-17(24)13-20(18)16(2)27)23-19-7-3-4-8-21(19)25-22(23)14-26-11-5-6-12-26/h3-4,7-10,13,15,22-23,25H,5-6,11-12,14,24H2,1-2H3. The third-order valence-electron chi connectivity index (χ3n) is 6.23. The number of anilines is 2. The van der Waals surface area contributed by atoms with E-state index in [1.807, 2.05) is 18.2 Å². The number of nitrogen functional groups attached to an aromatic ring is 1. The van der Waals surface area contributed by atoms with Crippen LogP contribution in [0.3, 0.4) is 0 Å². The minimum Gasteiger partial charge on any atom is -0.399 e. The Bertz CT molecular complexity index is 841. The number of carbonyl (C=O) groups excluding carboxylic acids is 1. The molecule has 27 heavy (non-hydrogen) atoms. The Labute approximate surface area is 161 Å². The number of para-hydroxylation sites is 1. The molecule has 2 aliphatic rings. The van der Waals surface area contributed by atoms with Crippen molar-refractivity contribution in [3.05, 3.63) is 59.2 Å². The Balaban J connectivity index is 1.70. The molecule has 4 heteroatoms. The lowest BCUT2D eigenvalue weighted by molar-refractivity contribution is 0.101. The summed E-state index contributed by atoms with van der Waals surface area (Å²) >= 11 is 0. The molecule has 0 radical (unpaired) electrons. The van der Waals surface area contributed by atoms with Crippen LogP contribution in [0.1, 0.15) is 60.0 Å². The normalized spacial score (nSPS) is 23.0. The molecule has 2 heterocycles. The van der Waals surface area contributed by atoms with E-state index in [9.17, 15) is 4.79 Å². The van der Waals surface area contributed by atoms with Gasteiger partial charge in [-0.1, -0.05) is 31.2 Å². The number of nitrogens with one attached hydrogen (secondary N) is 1. The van der Waals surface area contributed by atoms with E-state index in [-0.39, 0.29) is 11.7 Å². The number of carbonyl (C=O) groups is 1. The lowest BCUT2D eigenvalue weighted by atomic mass is 9.78. The van der Waals surface area contributed by atoms with Gasteiger partial charge in [-0.3, -0.25) is 4.79 Å². The number of ketones is 1. The molecule has 0 amide bonds. The summed E-state index contributed by atoms with van der Waals surface area (Å²) in [5.74, 6) is 0.649. The molecule has 3 atom stereocenters. The highest BCUT2D eigenvalue weighted by molar-refractivity contribution is 5.96. The van der Waals surface area contributed by atoms with Crippen LogP contribution in [0.15, 0.2) is 42.5 Å². The summed E-state index contributed by atoms with van der Waals surface area (Å²) in [6.45, 7) is 7.32. The summed E-state index contributed by atoms with van der Waals surface area (Å²) in [6.07, 6.45) is 2.60. The van der Waals surface area contributed by atoms with Crippen LogP contribution in [0.5, 0.6) is 0 Å². The lowest BCUT2D eigenvalue weighted by Crippen LogP contribution is -2.37. The zero-order chi connectivity index (χ0) is 19.0. The second-order valence-electron chi connectivity index (χ2n) is 8.06. The minimum absolute atomic E-state index is 0.0829. The van der Waals surface area contributed by atoms with E-state index in [1.165, 1.54) is 37.2 Å². The molecule has 4 rings (SSSR count). The van der Waals surface area contributed by atoms with Crippen molar-refractivity contribution in [1.82, 2.24) is 4.90 Å². The van der Waals surface area contributed by atoms with Gasteiger partial charge in [0.1, 0.15) is 0 Å². The predicted octanol–water partition coefficient (Wildman–Crippen LogP) is 4.25. The number of benzene rings is 2. The maximum absolute atomic E-state index is 12.3. The third-order valence-corrected chi connectivity index (χ3v) is 6.23. The Morgan fingerprint density at radius 3 is 2.70 bits per heavy atom. The van der Waals surface area contributed by atoms with Gasteiger partial charge in [-0.25, -0.2) is 0 Å². The molecule has 2 aliphatic heterocycles. The van der Waals surface area contributed by atoms with Crippen molar-refractivity contribution in [1.29, 1.82) is 0 Å². The minimum atomic E-state index is 0.0829. The first-order chi connectivity index (χ1) is 13.0. The maximum atomic E-state index is 12.3. The molecule has 2 aromatic rings. The molecule has 0 spiro atoms. The number of hydrogen-bond acceptors (Lipinski definition) is 4. The second-order valence-corrected chi connectivity index (χ2v) is 8.06. The van der Waals surface area contributed by atoms with E-state index in [0.29, 0.717) is 17.6 Å². The van der Waals surface area contributed by atoms with E-state index >= 15 is 0 Å². The first kappa shape index (κ1) is 18.1. The Hall–Kier alpha value is -2.33. The van der Waals surface area contributed by atoms with Crippen molar-refractivity contribution in [2.24, 2.45) is 0 Å². The van der Waals surface area contributed by atoms with Crippen molar-refractivity contribution in [2.45, 2.75) is 44.6 Å². The topological polar surface area (TPSA) is 58.4 Å². The molecule has 0 bridgehead atoms. The van der Waals surface area contributed by atoms with E-state index < -0.39 is 0 Å². The zero-order valence-electron chi connectivity index (χ0n) is 16.2. The van der Waals surface area contributed by atoms with Crippen LogP contribution < -0.4 is 11.1 Å². The fourth-order valence-electron chi connectivity index (χ4n) is 4.92. The SMILES string of the molecule is CC(=O)c1cc(N)ccc1C(C)C1c2ccccc2NC1CN1CCCC1. The number of nitrogens with zero attached hydrogens (tertiary/aromatic N) is 1. The Morgan fingerprint density at radius 2 is 1.96 bits per heavy atom. The highest BCUT2D eigenvalue weighted by atomic mass is 16.1. The number of nitrogens with two attached hydrogens (primary N) is 1. The van der Waals surface area contributed by atoms with E-state index in [2.05, 4.69) is 41.4 Å². The molecule has 0 aliphatic carbocycles. The van der Waals surface area contributed by atoms with Crippen molar-refractivity contribution in [3.8, 4) is 0 Å². The molecule has 3 N–H and O–H groups in total. The molecule has 142 valence electrons. The quantitative estimate of drug-likeness (QED) is 0.616. The van der Waals surface area contributed by atoms with Crippen LogP contribution in [0.2, 0.25) is 0 Å². The monoisotopic (exact) mass is 363 g/mol. The second kappa shape index (κ2) is 7.35. The fraction of sp³-hybridized carbons (Fsp3) is 0.435. The fourth-order valence-corrected chi connectivity index (χ4v) is 4.92. The summed E-state index contributed by atoms with van der Waals surface area (Å²) in [5, 5.41) is 3.77. The molecule has 0 saturated carbocycles. The third kappa shape index (κ3) is 3.46. The highest BCUT2D eigenvalue weighted by Gasteiger charge is 2.38. The van der Waals surface area contributed by atoms with Gasteiger partial charge in [-0.15, -0.1) is 0 Å². The summed E-state index contributed by atoms with van der Waals surface area (Å²) in [7, 11) is 0. The first-order valence-electron chi connectivity index (χ1n) is 10.0. The lowest BCUT2D eigenvalue weighted by Gasteiger charge is -2.30. The summed E-state index contributed by atoms with van der Waals surface area (Å²) in [5.41, 5.74) is 11.1. The van der Waals surface area contributed by atoms with Crippen LogP contribution in [-0.4, -0.2) is 36.4 Å². The van der Waals surface area contributed by atoms with Gasteiger partial charge < -0.3 is 16.0 Å². The van der Waals surface area contributed by atoms with Crippen molar-refractivity contribution < 1.29 is 4.79 Å². The maximum Gasteiger partial charge on any atom is 0.160 e. The van der Waals surface area contributed by atoms with Gasteiger partial charge >= 0.3 is 0 Å². The van der Waals surface area contributed by atoms with Crippen molar-refractivity contribution in [3.63, 3.8) is 0 Å². The van der Waals surface area contributed by atoms with Crippen LogP contribution in [-0.2, 0) is 0 Å². The summed E-state index contributed by atoms with van der Waals surface area (Å²) < 4.78 is 0. The molecule has 2 aromatic carbocycles. The number of rotatable bonds is 5. The molecule has 1 saturated heterocycles. The van der Waals surface area contributed by atoms with Crippen LogP contribution >= 0.6 is 0 Å². The van der Waals surface area contributed by atoms with Gasteiger partial charge in [0.05, 0.1) is 0 Å². The number of Topliss-reactive ketones (excluding diaryl/α,β-unsaturated/α-hetero) is 1. The number of fused-ring (bicyclic) bond motifs is 1. The zero-order valence-corrected chi connectivity index (χ0v) is 16.2. The molecule has 0 aromatic heterocycles. The first-order valence-corrected chi connectivity index (χ1v) is 10.0. The summed E-state index contributed by atoms with van der Waals surface area (Å²) in [4.78, 5) is 14.8. The average molecular weight is 364 g/mol. The van der Waals surface area contributed by atoms with Gasteiger partial charge in [0.25, 0.3) is 0 Å². The van der Waals surface area contributed by atoms with Gasteiger partial charge in [0.15, 0.2) is 5.78 Å². The molecular formula is C23H29N3O.